The Morgan fingerprint density at radius 2 is 2.50 bits per heavy atom. The lowest BCUT2D eigenvalue weighted by Gasteiger charge is -1.97. The highest BCUT2D eigenvalue weighted by atomic mass is 32.1. The number of carbonyl (C=O) groups excluding carboxylic acids is 1. The maximum Gasteiger partial charge on any atom is 0.341 e. The van der Waals surface area contributed by atoms with Crippen LogP contribution in [0.2, 0.25) is 0 Å². The second-order valence-corrected chi connectivity index (χ2v) is 3.44. The van der Waals surface area contributed by atoms with E-state index < -0.39 is 0 Å². The van der Waals surface area contributed by atoms with E-state index in [0.29, 0.717) is 11.3 Å². The molecular formula is C9H8N2O2S. The molecule has 0 aliphatic carbocycles. The van der Waals surface area contributed by atoms with Gasteiger partial charge in [0.15, 0.2) is 0 Å². The van der Waals surface area contributed by atoms with Gasteiger partial charge in [0.1, 0.15) is 5.56 Å². The molecule has 0 saturated heterocycles. The molecule has 0 radical (unpaired) electrons. The van der Waals surface area contributed by atoms with E-state index in [2.05, 4.69) is 14.9 Å². The predicted octanol–water partition coefficient (Wildman–Crippen LogP) is 1.92. The van der Waals surface area contributed by atoms with Gasteiger partial charge >= 0.3 is 5.97 Å². The van der Waals surface area contributed by atoms with Gasteiger partial charge in [-0.3, -0.25) is 5.10 Å². The van der Waals surface area contributed by atoms with Crippen LogP contribution in [0.15, 0.2) is 23.0 Å². The van der Waals surface area contributed by atoms with E-state index in [4.69, 9.17) is 0 Å². The van der Waals surface area contributed by atoms with Gasteiger partial charge in [-0.25, -0.2) is 4.79 Å². The van der Waals surface area contributed by atoms with E-state index in [-0.39, 0.29) is 5.97 Å². The van der Waals surface area contributed by atoms with Crippen LogP contribution in [0, 0.1) is 0 Å². The molecule has 0 amide bonds. The molecule has 0 aromatic carbocycles. The summed E-state index contributed by atoms with van der Waals surface area (Å²) < 4.78 is 4.64. The van der Waals surface area contributed by atoms with Crippen molar-refractivity contribution in [1.29, 1.82) is 0 Å². The molecule has 2 aromatic rings. The van der Waals surface area contributed by atoms with E-state index in [1.165, 1.54) is 13.3 Å². The second-order valence-electron chi connectivity index (χ2n) is 2.66. The molecule has 0 aliphatic rings. The SMILES string of the molecule is COC(=O)c1cn[nH]c1-c1ccsc1. The quantitative estimate of drug-likeness (QED) is 0.767. The number of nitrogens with zero attached hydrogens (tertiary/aromatic N) is 1. The summed E-state index contributed by atoms with van der Waals surface area (Å²) in [5.41, 5.74) is 2.12. The third-order valence-electron chi connectivity index (χ3n) is 1.85. The smallest absolute Gasteiger partial charge is 0.341 e. The molecule has 1 N–H and O–H groups in total. The molecule has 14 heavy (non-hydrogen) atoms. The van der Waals surface area contributed by atoms with Crippen LogP contribution in [-0.2, 0) is 4.74 Å². The topological polar surface area (TPSA) is 55.0 Å². The Kier molecular flexibility index (Phi) is 2.32. The van der Waals surface area contributed by atoms with Crippen molar-refractivity contribution in [2.45, 2.75) is 0 Å². The molecule has 0 spiro atoms. The Labute approximate surface area is 84.5 Å². The summed E-state index contributed by atoms with van der Waals surface area (Å²) in [6, 6.07) is 1.92. The van der Waals surface area contributed by atoms with Crippen LogP contribution in [0.25, 0.3) is 11.3 Å². The zero-order valence-corrected chi connectivity index (χ0v) is 8.30. The number of methoxy groups -OCH3 is 1. The number of aromatic nitrogens is 2. The van der Waals surface area contributed by atoms with Gasteiger partial charge in [-0.1, -0.05) is 0 Å². The first-order valence-electron chi connectivity index (χ1n) is 3.97. The number of H-pyrrole nitrogens is 1. The number of nitrogens with one attached hydrogen (secondary N) is 1. The van der Waals surface area contributed by atoms with E-state index in [1.54, 1.807) is 11.3 Å². The summed E-state index contributed by atoms with van der Waals surface area (Å²) in [5, 5.41) is 10.5. The first kappa shape index (κ1) is 8.96. The van der Waals surface area contributed by atoms with Gasteiger partial charge in [0.25, 0.3) is 0 Å². The van der Waals surface area contributed by atoms with Gasteiger partial charge in [0, 0.05) is 10.9 Å². The van der Waals surface area contributed by atoms with Crippen molar-refractivity contribution >= 4 is 17.3 Å². The molecule has 0 unspecified atom stereocenters. The van der Waals surface area contributed by atoms with Gasteiger partial charge in [-0.05, 0) is 11.4 Å². The molecule has 72 valence electrons. The molecule has 0 atom stereocenters. The lowest BCUT2D eigenvalue weighted by Crippen LogP contribution is -2.01. The molecule has 4 nitrogen and oxygen atoms in total. The minimum atomic E-state index is -0.375. The lowest BCUT2D eigenvalue weighted by molar-refractivity contribution is 0.0601. The van der Waals surface area contributed by atoms with E-state index in [0.717, 1.165) is 5.56 Å². The predicted molar refractivity (Wildman–Crippen MR) is 53.2 cm³/mol. The van der Waals surface area contributed by atoms with E-state index in [9.17, 15) is 4.79 Å². The van der Waals surface area contributed by atoms with Gasteiger partial charge in [0.2, 0.25) is 0 Å². The molecular weight excluding hydrogens is 200 g/mol. The fourth-order valence-corrected chi connectivity index (χ4v) is 1.82. The van der Waals surface area contributed by atoms with Crippen molar-refractivity contribution in [3.8, 4) is 11.3 Å². The lowest BCUT2D eigenvalue weighted by atomic mass is 10.1. The molecule has 2 heterocycles. The summed E-state index contributed by atoms with van der Waals surface area (Å²) in [6.45, 7) is 0. The van der Waals surface area contributed by atoms with Gasteiger partial charge in [0.05, 0.1) is 19.0 Å². The summed E-state index contributed by atoms with van der Waals surface area (Å²) >= 11 is 1.57. The van der Waals surface area contributed by atoms with E-state index in [1.807, 2.05) is 16.8 Å². The van der Waals surface area contributed by atoms with Crippen LogP contribution in [0.4, 0.5) is 0 Å². The number of ether oxygens (including phenoxy) is 1. The van der Waals surface area contributed by atoms with Crippen LogP contribution in [0.5, 0.6) is 0 Å². The minimum Gasteiger partial charge on any atom is -0.465 e. The Morgan fingerprint density at radius 3 is 3.14 bits per heavy atom. The Balaban J connectivity index is 2.45. The number of esters is 1. The van der Waals surface area contributed by atoms with Crippen LogP contribution >= 0.6 is 11.3 Å². The van der Waals surface area contributed by atoms with E-state index >= 15 is 0 Å². The Morgan fingerprint density at radius 1 is 1.64 bits per heavy atom. The maximum absolute atomic E-state index is 11.3. The zero-order valence-electron chi connectivity index (χ0n) is 7.48. The standard InChI is InChI=1S/C9H8N2O2S/c1-13-9(12)7-4-10-11-8(7)6-2-3-14-5-6/h2-5H,1H3,(H,10,11). The normalized spacial score (nSPS) is 10.1. The Hall–Kier alpha value is -1.62. The molecule has 0 bridgehead atoms. The number of aromatic amines is 1. The van der Waals surface area contributed by atoms with Gasteiger partial charge < -0.3 is 4.74 Å². The van der Waals surface area contributed by atoms with Crippen molar-refractivity contribution in [2.24, 2.45) is 0 Å². The third kappa shape index (κ3) is 1.42. The average Bonchev–Trinajstić information content (AvgIpc) is 2.85. The number of rotatable bonds is 2. The Bertz CT molecular complexity index is 433. The molecule has 0 aliphatic heterocycles. The summed E-state index contributed by atoms with van der Waals surface area (Å²) in [6.07, 6.45) is 1.47. The molecule has 2 aromatic heterocycles. The highest BCUT2D eigenvalue weighted by molar-refractivity contribution is 7.08. The average molecular weight is 208 g/mol. The fraction of sp³-hybridized carbons (Fsp3) is 0.111. The molecule has 0 fully saturated rings. The van der Waals surface area contributed by atoms with Crippen molar-refractivity contribution in [1.82, 2.24) is 10.2 Å². The first-order valence-corrected chi connectivity index (χ1v) is 4.91. The van der Waals surface area contributed by atoms with Crippen LogP contribution in [0.1, 0.15) is 10.4 Å². The minimum absolute atomic E-state index is 0.375. The number of thiophene rings is 1. The van der Waals surface area contributed by atoms with Crippen LogP contribution in [-0.4, -0.2) is 23.3 Å². The summed E-state index contributed by atoms with van der Waals surface area (Å²) in [7, 11) is 1.35. The molecule has 5 heteroatoms. The first-order chi connectivity index (χ1) is 6.83. The second kappa shape index (κ2) is 3.63. The van der Waals surface area contributed by atoms with Crippen molar-refractivity contribution in [3.63, 3.8) is 0 Å². The maximum atomic E-state index is 11.3. The molecule has 2 rings (SSSR count). The van der Waals surface area contributed by atoms with Crippen molar-refractivity contribution in [2.75, 3.05) is 7.11 Å². The summed E-state index contributed by atoms with van der Waals surface area (Å²) in [5.74, 6) is -0.375. The number of carbonyl (C=O) groups is 1. The molecule has 0 saturated carbocycles. The van der Waals surface area contributed by atoms with Crippen molar-refractivity contribution in [3.05, 3.63) is 28.6 Å². The number of hydrogen-bond acceptors (Lipinski definition) is 4. The number of hydrogen-bond donors (Lipinski definition) is 1. The van der Waals surface area contributed by atoms with Crippen LogP contribution in [0.3, 0.4) is 0 Å². The zero-order chi connectivity index (χ0) is 9.97. The highest BCUT2D eigenvalue weighted by Gasteiger charge is 2.15. The highest BCUT2D eigenvalue weighted by Crippen LogP contribution is 2.23. The van der Waals surface area contributed by atoms with Gasteiger partial charge in [-0.15, -0.1) is 0 Å². The van der Waals surface area contributed by atoms with Crippen molar-refractivity contribution < 1.29 is 9.53 Å². The largest absolute Gasteiger partial charge is 0.465 e. The fourth-order valence-electron chi connectivity index (χ4n) is 1.18. The van der Waals surface area contributed by atoms with Crippen LogP contribution < -0.4 is 0 Å². The monoisotopic (exact) mass is 208 g/mol. The van der Waals surface area contributed by atoms with Gasteiger partial charge in [-0.2, -0.15) is 16.4 Å². The third-order valence-corrected chi connectivity index (χ3v) is 2.54. The summed E-state index contributed by atoms with van der Waals surface area (Å²) in [4.78, 5) is 11.3.